The Bertz CT molecular complexity index is 857. The Hall–Kier alpha value is -3.02. The molecule has 0 spiro atoms. The van der Waals surface area contributed by atoms with Crippen molar-refractivity contribution in [3.05, 3.63) is 71.6 Å². The molecule has 3 aromatic rings. The minimum absolute atomic E-state index is 0.259. The minimum atomic E-state index is -0.365. The van der Waals surface area contributed by atoms with Crippen LogP contribution < -0.4 is 5.32 Å². The SMILES string of the molecule is CCc1cc(-n2cnnc2)cc(C)c1NC(=O)c1ccc(F)cc1. The van der Waals surface area contributed by atoms with Crippen molar-refractivity contribution in [2.75, 3.05) is 5.32 Å². The number of hydrogen-bond acceptors (Lipinski definition) is 3. The number of benzene rings is 2. The zero-order chi connectivity index (χ0) is 17.1. The van der Waals surface area contributed by atoms with Crippen LogP contribution in [0.25, 0.3) is 5.69 Å². The third kappa shape index (κ3) is 3.17. The monoisotopic (exact) mass is 324 g/mol. The summed E-state index contributed by atoms with van der Waals surface area (Å²) < 4.78 is 14.8. The molecule has 5 nitrogen and oxygen atoms in total. The van der Waals surface area contributed by atoms with E-state index in [0.29, 0.717) is 5.56 Å². The van der Waals surface area contributed by atoms with Gasteiger partial charge in [0.2, 0.25) is 0 Å². The van der Waals surface area contributed by atoms with E-state index in [2.05, 4.69) is 15.5 Å². The number of anilines is 1. The van der Waals surface area contributed by atoms with Crippen molar-refractivity contribution < 1.29 is 9.18 Å². The first-order valence-corrected chi connectivity index (χ1v) is 7.64. The van der Waals surface area contributed by atoms with Crippen molar-refractivity contribution in [2.24, 2.45) is 0 Å². The van der Waals surface area contributed by atoms with Gasteiger partial charge < -0.3 is 5.32 Å². The summed E-state index contributed by atoms with van der Waals surface area (Å²) in [6, 6.07) is 9.45. The number of nitrogens with one attached hydrogen (secondary N) is 1. The van der Waals surface area contributed by atoms with Crippen LogP contribution in [0.1, 0.15) is 28.4 Å². The number of amides is 1. The third-order valence-electron chi connectivity index (χ3n) is 3.84. The Kier molecular flexibility index (Phi) is 4.37. The highest BCUT2D eigenvalue weighted by Crippen LogP contribution is 2.26. The van der Waals surface area contributed by atoms with Gasteiger partial charge in [-0.05, 0) is 60.9 Å². The van der Waals surface area contributed by atoms with E-state index in [1.165, 1.54) is 24.3 Å². The van der Waals surface area contributed by atoms with Crippen LogP contribution in [0.3, 0.4) is 0 Å². The average molecular weight is 324 g/mol. The fourth-order valence-corrected chi connectivity index (χ4v) is 2.57. The fourth-order valence-electron chi connectivity index (χ4n) is 2.57. The normalized spacial score (nSPS) is 10.6. The maximum atomic E-state index is 13.0. The van der Waals surface area contributed by atoms with Gasteiger partial charge in [0.25, 0.3) is 5.91 Å². The van der Waals surface area contributed by atoms with E-state index < -0.39 is 0 Å². The Morgan fingerprint density at radius 1 is 1.17 bits per heavy atom. The van der Waals surface area contributed by atoms with E-state index in [4.69, 9.17) is 0 Å². The summed E-state index contributed by atoms with van der Waals surface area (Å²) in [5.41, 5.74) is 4.08. The molecule has 0 unspecified atom stereocenters. The summed E-state index contributed by atoms with van der Waals surface area (Å²) in [5, 5.41) is 10.6. The maximum Gasteiger partial charge on any atom is 0.255 e. The molecule has 1 aromatic heterocycles. The summed E-state index contributed by atoms with van der Waals surface area (Å²) in [5.74, 6) is -0.625. The van der Waals surface area contributed by atoms with Gasteiger partial charge in [0, 0.05) is 16.9 Å². The first-order valence-electron chi connectivity index (χ1n) is 7.64. The second kappa shape index (κ2) is 6.62. The molecule has 0 atom stereocenters. The van der Waals surface area contributed by atoms with Crippen LogP contribution in [-0.4, -0.2) is 20.7 Å². The molecule has 0 saturated heterocycles. The molecule has 6 heteroatoms. The van der Waals surface area contributed by atoms with E-state index in [9.17, 15) is 9.18 Å². The van der Waals surface area contributed by atoms with Crippen LogP contribution in [-0.2, 0) is 6.42 Å². The summed E-state index contributed by atoms with van der Waals surface area (Å²) in [4.78, 5) is 12.4. The quantitative estimate of drug-likeness (QED) is 0.798. The molecule has 0 aliphatic heterocycles. The largest absolute Gasteiger partial charge is 0.321 e. The molecule has 0 aliphatic rings. The number of halogens is 1. The van der Waals surface area contributed by atoms with Gasteiger partial charge in [-0.25, -0.2) is 4.39 Å². The van der Waals surface area contributed by atoms with Crippen molar-refractivity contribution in [3.8, 4) is 5.69 Å². The number of rotatable bonds is 4. The average Bonchev–Trinajstić information content (AvgIpc) is 3.11. The number of nitrogens with zero attached hydrogens (tertiary/aromatic N) is 3. The Morgan fingerprint density at radius 2 is 1.83 bits per heavy atom. The van der Waals surface area contributed by atoms with Crippen LogP contribution in [0, 0.1) is 12.7 Å². The van der Waals surface area contributed by atoms with Gasteiger partial charge in [0.05, 0.1) is 0 Å². The standard InChI is InChI=1S/C18H17FN4O/c1-3-13-9-16(23-10-20-21-11-23)8-12(2)17(13)22-18(24)14-4-6-15(19)7-5-14/h4-11H,3H2,1-2H3,(H,22,24). The highest BCUT2D eigenvalue weighted by atomic mass is 19.1. The lowest BCUT2D eigenvalue weighted by Crippen LogP contribution is -2.14. The zero-order valence-corrected chi connectivity index (χ0v) is 13.5. The van der Waals surface area contributed by atoms with Gasteiger partial charge in [-0.2, -0.15) is 0 Å². The van der Waals surface area contributed by atoms with Crippen LogP contribution in [0.15, 0.2) is 49.1 Å². The molecule has 1 heterocycles. The number of hydrogen-bond donors (Lipinski definition) is 1. The van der Waals surface area contributed by atoms with Gasteiger partial charge >= 0.3 is 0 Å². The summed E-state index contributed by atoms with van der Waals surface area (Å²) in [6.07, 6.45) is 4.02. The third-order valence-corrected chi connectivity index (χ3v) is 3.84. The van der Waals surface area contributed by atoms with Crippen molar-refractivity contribution in [3.63, 3.8) is 0 Å². The Morgan fingerprint density at radius 3 is 2.46 bits per heavy atom. The summed E-state index contributed by atoms with van der Waals surface area (Å²) in [6.45, 7) is 3.96. The van der Waals surface area contributed by atoms with Crippen molar-refractivity contribution >= 4 is 11.6 Å². The second-order valence-corrected chi connectivity index (χ2v) is 5.48. The smallest absolute Gasteiger partial charge is 0.255 e. The van der Waals surface area contributed by atoms with Crippen LogP contribution in [0.2, 0.25) is 0 Å². The van der Waals surface area contributed by atoms with Crippen molar-refractivity contribution in [2.45, 2.75) is 20.3 Å². The highest BCUT2D eigenvalue weighted by Gasteiger charge is 2.13. The molecular weight excluding hydrogens is 307 g/mol. The molecule has 1 amide bonds. The van der Waals surface area contributed by atoms with E-state index >= 15 is 0 Å². The Labute approximate surface area is 139 Å². The van der Waals surface area contributed by atoms with Gasteiger partial charge in [-0.3, -0.25) is 9.36 Å². The zero-order valence-electron chi connectivity index (χ0n) is 13.5. The first-order chi connectivity index (χ1) is 11.6. The molecule has 0 saturated carbocycles. The number of aryl methyl sites for hydroxylation is 2. The fraction of sp³-hybridized carbons (Fsp3) is 0.167. The van der Waals surface area contributed by atoms with E-state index in [1.54, 1.807) is 12.7 Å². The highest BCUT2D eigenvalue weighted by molar-refractivity contribution is 6.05. The van der Waals surface area contributed by atoms with Gasteiger partial charge in [-0.1, -0.05) is 6.92 Å². The predicted octanol–water partition coefficient (Wildman–Crippen LogP) is 3.53. The maximum absolute atomic E-state index is 13.0. The first kappa shape index (κ1) is 15.9. The lowest BCUT2D eigenvalue weighted by molar-refractivity contribution is 0.102. The number of carbonyl (C=O) groups excluding carboxylic acids is 1. The minimum Gasteiger partial charge on any atom is -0.321 e. The molecule has 0 radical (unpaired) electrons. The summed E-state index contributed by atoms with van der Waals surface area (Å²) >= 11 is 0. The van der Waals surface area contributed by atoms with Gasteiger partial charge in [-0.15, -0.1) is 10.2 Å². The Balaban J connectivity index is 1.93. The van der Waals surface area contributed by atoms with Crippen molar-refractivity contribution in [1.82, 2.24) is 14.8 Å². The number of carbonyl (C=O) groups is 1. The summed E-state index contributed by atoms with van der Waals surface area (Å²) in [7, 11) is 0. The molecule has 2 aromatic carbocycles. The molecule has 0 aliphatic carbocycles. The second-order valence-electron chi connectivity index (χ2n) is 5.48. The van der Waals surface area contributed by atoms with E-state index in [0.717, 1.165) is 28.9 Å². The molecular formula is C18H17FN4O. The molecule has 1 N–H and O–H groups in total. The molecule has 0 fully saturated rings. The van der Waals surface area contributed by atoms with Gasteiger partial charge in [0.1, 0.15) is 18.5 Å². The van der Waals surface area contributed by atoms with E-state index in [-0.39, 0.29) is 11.7 Å². The van der Waals surface area contributed by atoms with Crippen LogP contribution >= 0.6 is 0 Å². The molecule has 122 valence electrons. The lowest BCUT2D eigenvalue weighted by atomic mass is 10.0. The van der Waals surface area contributed by atoms with Crippen LogP contribution in [0.5, 0.6) is 0 Å². The molecule has 0 bridgehead atoms. The topological polar surface area (TPSA) is 59.8 Å². The number of aromatic nitrogens is 3. The van der Waals surface area contributed by atoms with Crippen molar-refractivity contribution in [1.29, 1.82) is 0 Å². The van der Waals surface area contributed by atoms with Gasteiger partial charge in [0.15, 0.2) is 0 Å². The lowest BCUT2D eigenvalue weighted by Gasteiger charge is -2.15. The molecule has 24 heavy (non-hydrogen) atoms. The van der Waals surface area contributed by atoms with Crippen LogP contribution in [0.4, 0.5) is 10.1 Å². The van der Waals surface area contributed by atoms with E-state index in [1.807, 2.05) is 30.5 Å². The molecule has 3 rings (SSSR count). The predicted molar refractivity (Wildman–Crippen MR) is 89.8 cm³/mol.